The maximum absolute atomic E-state index is 12.0. The van der Waals surface area contributed by atoms with Crippen LogP contribution in [0.3, 0.4) is 0 Å². The van der Waals surface area contributed by atoms with Crippen LogP contribution in [0, 0.1) is 6.92 Å². The molecule has 1 aliphatic rings. The molecule has 25 heavy (non-hydrogen) atoms. The number of carbonyl (C=O) groups is 1. The zero-order valence-electron chi connectivity index (χ0n) is 14.4. The van der Waals surface area contributed by atoms with E-state index >= 15 is 0 Å². The number of rotatable bonds is 7. The second-order valence-corrected chi connectivity index (χ2v) is 5.95. The Kier molecular flexibility index (Phi) is 5.55. The fourth-order valence-corrected chi connectivity index (χ4v) is 2.64. The number of nitrogens with one attached hydrogen (secondary N) is 1. The smallest absolute Gasteiger partial charge is 0.290 e. The summed E-state index contributed by atoms with van der Waals surface area (Å²) in [6.45, 7) is 3.42. The summed E-state index contributed by atoms with van der Waals surface area (Å²) < 4.78 is 21.7. The lowest BCUT2D eigenvalue weighted by molar-refractivity contribution is 0.0669. The number of nitrogens with zero attached hydrogens (tertiary/aromatic N) is 1. The molecular formula is C18H22N2O5. The van der Waals surface area contributed by atoms with E-state index in [1.807, 2.05) is 18.2 Å². The van der Waals surface area contributed by atoms with E-state index in [0.29, 0.717) is 30.3 Å². The maximum atomic E-state index is 12.0. The van der Waals surface area contributed by atoms with Crippen molar-refractivity contribution in [3.63, 3.8) is 0 Å². The lowest BCUT2D eigenvalue weighted by atomic mass is 10.2. The summed E-state index contributed by atoms with van der Waals surface area (Å²) in [7, 11) is 1.59. The first kappa shape index (κ1) is 17.3. The quantitative estimate of drug-likeness (QED) is 0.829. The van der Waals surface area contributed by atoms with Crippen molar-refractivity contribution >= 4 is 5.91 Å². The molecule has 3 rings (SSSR count). The summed E-state index contributed by atoms with van der Waals surface area (Å²) in [4.78, 5) is 12.0. The molecule has 1 atom stereocenters. The molecule has 0 saturated carbocycles. The van der Waals surface area contributed by atoms with Crippen molar-refractivity contribution in [1.82, 2.24) is 10.5 Å². The number of carbonyl (C=O) groups excluding carboxylic acids is 1. The summed E-state index contributed by atoms with van der Waals surface area (Å²) >= 11 is 0. The second kappa shape index (κ2) is 8.02. The Hall–Kier alpha value is -2.54. The fourth-order valence-electron chi connectivity index (χ4n) is 2.64. The zero-order chi connectivity index (χ0) is 17.6. The van der Waals surface area contributed by atoms with Gasteiger partial charge in [0, 0.05) is 19.2 Å². The second-order valence-electron chi connectivity index (χ2n) is 5.95. The van der Waals surface area contributed by atoms with E-state index in [1.54, 1.807) is 20.1 Å². The van der Waals surface area contributed by atoms with Crippen molar-refractivity contribution in [2.24, 2.45) is 0 Å². The van der Waals surface area contributed by atoms with Crippen LogP contribution in [0.25, 0.3) is 0 Å². The molecule has 0 spiro atoms. The van der Waals surface area contributed by atoms with Gasteiger partial charge < -0.3 is 24.1 Å². The van der Waals surface area contributed by atoms with Crippen molar-refractivity contribution in [1.29, 1.82) is 0 Å². The molecule has 0 aliphatic carbocycles. The van der Waals surface area contributed by atoms with Crippen molar-refractivity contribution < 1.29 is 23.5 Å². The van der Waals surface area contributed by atoms with Gasteiger partial charge in [0.2, 0.25) is 5.76 Å². The highest BCUT2D eigenvalue weighted by molar-refractivity contribution is 5.91. The van der Waals surface area contributed by atoms with Crippen LogP contribution in [-0.4, -0.2) is 37.5 Å². The Morgan fingerprint density at radius 1 is 1.36 bits per heavy atom. The molecule has 1 saturated heterocycles. The molecule has 0 bridgehead atoms. The third-order valence-electron chi connectivity index (χ3n) is 3.98. The van der Waals surface area contributed by atoms with Crippen LogP contribution in [0.4, 0.5) is 0 Å². The SMILES string of the molecule is COc1cc(CNC(=O)c2cc(C)no2)ccc1OC[C@@H]1CCCO1. The van der Waals surface area contributed by atoms with Crippen LogP contribution >= 0.6 is 0 Å². The Labute approximate surface area is 146 Å². The summed E-state index contributed by atoms with van der Waals surface area (Å²) in [5.74, 6) is 1.18. The highest BCUT2D eigenvalue weighted by Crippen LogP contribution is 2.29. The molecule has 2 aromatic rings. The summed E-state index contributed by atoms with van der Waals surface area (Å²) in [5, 5.41) is 6.49. The van der Waals surface area contributed by atoms with Crippen molar-refractivity contribution in [2.45, 2.75) is 32.4 Å². The van der Waals surface area contributed by atoms with Gasteiger partial charge in [-0.2, -0.15) is 0 Å². The first-order valence-electron chi connectivity index (χ1n) is 8.28. The third-order valence-corrected chi connectivity index (χ3v) is 3.98. The largest absolute Gasteiger partial charge is 0.493 e. The van der Waals surface area contributed by atoms with E-state index in [2.05, 4.69) is 10.5 Å². The normalized spacial score (nSPS) is 16.6. The van der Waals surface area contributed by atoms with E-state index in [1.165, 1.54) is 0 Å². The van der Waals surface area contributed by atoms with E-state index in [4.69, 9.17) is 18.7 Å². The number of ether oxygens (including phenoxy) is 3. The van der Waals surface area contributed by atoms with E-state index in [-0.39, 0.29) is 17.8 Å². The van der Waals surface area contributed by atoms with Gasteiger partial charge in [0.05, 0.1) is 18.9 Å². The molecule has 1 amide bonds. The first-order chi connectivity index (χ1) is 12.2. The lowest BCUT2D eigenvalue weighted by Crippen LogP contribution is -2.22. The molecule has 1 N–H and O–H groups in total. The van der Waals surface area contributed by atoms with E-state index in [0.717, 1.165) is 25.0 Å². The topological polar surface area (TPSA) is 82.8 Å². The number of benzene rings is 1. The Balaban J connectivity index is 1.57. The van der Waals surface area contributed by atoms with E-state index < -0.39 is 0 Å². The van der Waals surface area contributed by atoms with Gasteiger partial charge in [-0.05, 0) is 37.5 Å². The summed E-state index contributed by atoms with van der Waals surface area (Å²) in [5.41, 5.74) is 1.56. The van der Waals surface area contributed by atoms with Gasteiger partial charge in [-0.1, -0.05) is 11.2 Å². The molecular weight excluding hydrogens is 324 g/mol. The van der Waals surface area contributed by atoms with Crippen LogP contribution in [0.1, 0.15) is 34.7 Å². The Morgan fingerprint density at radius 3 is 2.92 bits per heavy atom. The highest BCUT2D eigenvalue weighted by atomic mass is 16.5. The molecule has 1 aliphatic heterocycles. The average molecular weight is 346 g/mol. The third kappa shape index (κ3) is 4.51. The molecule has 7 heteroatoms. The van der Waals surface area contributed by atoms with Crippen LogP contribution in [0.5, 0.6) is 11.5 Å². The fraction of sp³-hybridized carbons (Fsp3) is 0.444. The van der Waals surface area contributed by atoms with Crippen molar-refractivity contribution in [2.75, 3.05) is 20.3 Å². The average Bonchev–Trinajstić information content (AvgIpc) is 3.29. The van der Waals surface area contributed by atoms with Gasteiger partial charge in [-0.15, -0.1) is 0 Å². The number of amides is 1. The van der Waals surface area contributed by atoms with Crippen LogP contribution in [0.15, 0.2) is 28.8 Å². The minimum atomic E-state index is -0.307. The molecule has 134 valence electrons. The predicted molar refractivity (Wildman–Crippen MR) is 89.9 cm³/mol. The molecule has 7 nitrogen and oxygen atoms in total. The van der Waals surface area contributed by atoms with Gasteiger partial charge in [0.25, 0.3) is 5.91 Å². The molecule has 1 aromatic carbocycles. The molecule has 1 fully saturated rings. The van der Waals surface area contributed by atoms with Crippen molar-refractivity contribution in [3.8, 4) is 11.5 Å². The Bertz CT molecular complexity index is 722. The maximum Gasteiger partial charge on any atom is 0.290 e. The monoisotopic (exact) mass is 346 g/mol. The van der Waals surface area contributed by atoms with Gasteiger partial charge >= 0.3 is 0 Å². The van der Waals surface area contributed by atoms with Crippen molar-refractivity contribution in [3.05, 3.63) is 41.3 Å². The van der Waals surface area contributed by atoms with Crippen LogP contribution in [-0.2, 0) is 11.3 Å². The summed E-state index contributed by atoms with van der Waals surface area (Å²) in [6, 6.07) is 7.17. The molecule has 2 heterocycles. The number of methoxy groups -OCH3 is 1. The zero-order valence-corrected chi connectivity index (χ0v) is 14.4. The van der Waals surface area contributed by atoms with Crippen LogP contribution in [0.2, 0.25) is 0 Å². The Morgan fingerprint density at radius 2 is 2.24 bits per heavy atom. The van der Waals surface area contributed by atoms with Gasteiger partial charge in [0.15, 0.2) is 11.5 Å². The molecule has 1 aromatic heterocycles. The standard InChI is InChI=1S/C18H22N2O5/c1-12-8-17(25-20-12)18(21)19-10-13-5-6-15(16(9-13)22-2)24-11-14-4-3-7-23-14/h5-6,8-9,14H,3-4,7,10-11H2,1-2H3,(H,19,21)/t14-/m0/s1. The van der Waals surface area contributed by atoms with Gasteiger partial charge in [-0.25, -0.2) is 0 Å². The molecule has 0 radical (unpaired) electrons. The van der Waals surface area contributed by atoms with Crippen LogP contribution < -0.4 is 14.8 Å². The minimum absolute atomic E-state index is 0.147. The first-order valence-corrected chi connectivity index (χ1v) is 8.28. The number of hydrogen-bond donors (Lipinski definition) is 1. The number of aryl methyl sites for hydroxylation is 1. The highest BCUT2D eigenvalue weighted by Gasteiger charge is 2.17. The predicted octanol–water partition coefficient (Wildman–Crippen LogP) is 2.48. The minimum Gasteiger partial charge on any atom is -0.493 e. The number of hydrogen-bond acceptors (Lipinski definition) is 6. The molecule has 0 unspecified atom stereocenters. The summed E-state index contributed by atoms with van der Waals surface area (Å²) in [6.07, 6.45) is 2.25. The van der Waals surface area contributed by atoms with E-state index in [9.17, 15) is 4.79 Å². The van der Waals surface area contributed by atoms with Gasteiger partial charge in [-0.3, -0.25) is 4.79 Å². The van der Waals surface area contributed by atoms with Gasteiger partial charge in [0.1, 0.15) is 6.61 Å². The number of aromatic nitrogens is 1. The lowest BCUT2D eigenvalue weighted by Gasteiger charge is -2.15.